The van der Waals surface area contributed by atoms with Crippen LogP contribution in [0.1, 0.15) is 30.1 Å². The maximum Gasteiger partial charge on any atom is 0.110 e. The minimum Gasteiger partial charge on any atom is -0.364 e. The molecule has 3 aliphatic rings. The lowest BCUT2D eigenvalue weighted by Gasteiger charge is -2.39. The first-order valence-corrected chi connectivity index (χ1v) is 6.25. The van der Waals surface area contributed by atoms with Gasteiger partial charge in [0.1, 0.15) is 6.10 Å². The summed E-state index contributed by atoms with van der Waals surface area (Å²) in [5.74, 6) is 0. The van der Waals surface area contributed by atoms with Crippen LogP contribution >= 0.6 is 0 Å². The monoisotopic (exact) mass is 215 g/mol. The Kier molecular flexibility index (Phi) is 1.65. The van der Waals surface area contributed by atoms with Crippen LogP contribution < -0.4 is 0 Å². The highest BCUT2D eigenvalue weighted by atomic mass is 16.6. The van der Waals surface area contributed by atoms with E-state index in [0.717, 1.165) is 0 Å². The number of hydrogen-bond donors (Lipinski definition) is 0. The SMILES string of the molecule is CN1CCC2(CC1)c1ccccc1C1OC12. The minimum atomic E-state index is 0.355. The van der Waals surface area contributed by atoms with Crippen molar-refractivity contribution in [3.05, 3.63) is 35.4 Å². The fourth-order valence-electron chi connectivity index (χ4n) is 3.69. The van der Waals surface area contributed by atoms with E-state index < -0.39 is 0 Å². The Morgan fingerprint density at radius 3 is 2.81 bits per heavy atom. The molecule has 0 radical (unpaired) electrons. The van der Waals surface area contributed by atoms with E-state index in [0.29, 0.717) is 17.6 Å². The Morgan fingerprint density at radius 2 is 2.00 bits per heavy atom. The molecule has 0 bridgehead atoms. The van der Waals surface area contributed by atoms with Crippen molar-refractivity contribution in [3.8, 4) is 0 Å². The zero-order valence-electron chi connectivity index (χ0n) is 9.65. The van der Waals surface area contributed by atoms with Gasteiger partial charge in [0.2, 0.25) is 0 Å². The predicted octanol–water partition coefficient (Wildman–Crippen LogP) is 2.10. The van der Waals surface area contributed by atoms with Crippen LogP contribution in [-0.2, 0) is 10.2 Å². The Bertz CT molecular complexity index is 434. The average Bonchev–Trinajstić information content (AvgIpc) is 3.07. The van der Waals surface area contributed by atoms with E-state index in [-0.39, 0.29) is 0 Å². The highest BCUT2D eigenvalue weighted by Gasteiger charge is 2.62. The lowest BCUT2D eigenvalue weighted by molar-refractivity contribution is 0.150. The third kappa shape index (κ3) is 0.994. The smallest absolute Gasteiger partial charge is 0.110 e. The van der Waals surface area contributed by atoms with Gasteiger partial charge in [0, 0.05) is 5.41 Å². The molecule has 0 amide bonds. The molecular formula is C14H17NO. The summed E-state index contributed by atoms with van der Waals surface area (Å²) >= 11 is 0. The van der Waals surface area contributed by atoms with Crippen molar-refractivity contribution >= 4 is 0 Å². The van der Waals surface area contributed by atoms with Crippen molar-refractivity contribution in [2.24, 2.45) is 0 Å². The van der Waals surface area contributed by atoms with Crippen molar-refractivity contribution in [2.45, 2.75) is 30.5 Å². The number of ether oxygens (including phenoxy) is 1. The minimum absolute atomic E-state index is 0.355. The van der Waals surface area contributed by atoms with Gasteiger partial charge in [-0.05, 0) is 44.1 Å². The van der Waals surface area contributed by atoms with Gasteiger partial charge >= 0.3 is 0 Å². The van der Waals surface area contributed by atoms with Crippen LogP contribution in [0, 0.1) is 0 Å². The third-order valence-corrected chi connectivity index (χ3v) is 4.72. The molecule has 2 unspecified atom stereocenters. The van der Waals surface area contributed by atoms with Crippen molar-refractivity contribution in [1.29, 1.82) is 0 Å². The standard InChI is InChI=1S/C14H17NO/c1-15-8-6-14(7-9-15)11-5-3-2-4-10(11)12-13(14)16-12/h2-5,12-13H,6-9H2,1H3. The molecule has 0 aromatic heterocycles. The second kappa shape index (κ2) is 2.88. The largest absolute Gasteiger partial charge is 0.364 e. The quantitative estimate of drug-likeness (QED) is 0.616. The van der Waals surface area contributed by atoms with Gasteiger partial charge in [0.15, 0.2) is 0 Å². The lowest BCUT2D eigenvalue weighted by Crippen LogP contribution is -2.43. The first-order chi connectivity index (χ1) is 7.81. The van der Waals surface area contributed by atoms with Gasteiger partial charge in [0.25, 0.3) is 0 Å². The number of benzene rings is 1. The zero-order valence-corrected chi connectivity index (χ0v) is 9.65. The molecule has 1 spiro atoms. The van der Waals surface area contributed by atoms with E-state index >= 15 is 0 Å². The van der Waals surface area contributed by atoms with Gasteiger partial charge in [-0.25, -0.2) is 0 Å². The molecule has 1 aliphatic carbocycles. The summed E-state index contributed by atoms with van der Waals surface area (Å²) in [5.41, 5.74) is 3.41. The number of likely N-dealkylation sites (tertiary alicyclic amines) is 1. The van der Waals surface area contributed by atoms with Gasteiger partial charge in [-0.1, -0.05) is 24.3 Å². The molecule has 2 aliphatic heterocycles. The van der Waals surface area contributed by atoms with E-state index in [1.54, 1.807) is 5.56 Å². The Labute approximate surface area is 96.2 Å². The van der Waals surface area contributed by atoms with E-state index in [1.165, 1.54) is 31.5 Å². The Morgan fingerprint density at radius 1 is 1.25 bits per heavy atom. The first kappa shape index (κ1) is 9.20. The first-order valence-electron chi connectivity index (χ1n) is 6.25. The fourth-order valence-corrected chi connectivity index (χ4v) is 3.69. The summed E-state index contributed by atoms with van der Waals surface area (Å²) in [6.07, 6.45) is 3.46. The molecule has 1 aromatic rings. The van der Waals surface area contributed by atoms with Gasteiger partial charge in [-0.2, -0.15) is 0 Å². The van der Waals surface area contributed by atoms with Gasteiger partial charge in [0.05, 0.1) is 6.10 Å². The van der Waals surface area contributed by atoms with Crippen LogP contribution in [0.25, 0.3) is 0 Å². The second-order valence-electron chi connectivity index (χ2n) is 5.52. The number of nitrogens with zero attached hydrogens (tertiary/aromatic N) is 1. The number of rotatable bonds is 0. The molecule has 2 heteroatoms. The van der Waals surface area contributed by atoms with E-state index in [9.17, 15) is 0 Å². The van der Waals surface area contributed by atoms with Gasteiger partial charge in [-0.15, -0.1) is 0 Å². The Balaban J connectivity index is 1.80. The van der Waals surface area contributed by atoms with Crippen molar-refractivity contribution in [3.63, 3.8) is 0 Å². The number of fused-ring (bicyclic) bond motifs is 5. The predicted molar refractivity (Wildman–Crippen MR) is 62.5 cm³/mol. The molecule has 0 saturated carbocycles. The molecule has 1 aromatic carbocycles. The summed E-state index contributed by atoms with van der Waals surface area (Å²) in [4.78, 5) is 2.43. The molecule has 16 heavy (non-hydrogen) atoms. The van der Waals surface area contributed by atoms with E-state index in [1.807, 2.05) is 0 Å². The summed E-state index contributed by atoms with van der Waals surface area (Å²) in [6.45, 7) is 2.42. The van der Waals surface area contributed by atoms with Crippen LogP contribution in [0.15, 0.2) is 24.3 Å². The van der Waals surface area contributed by atoms with Crippen LogP contribution in [0.5, 0.6) is 0 Å². The molecule has 2 fully saturated rings. The molecule has 0 N–H and O–H groups in total. The summed E-state index contributed by atoms with van der Waals surface area (Å²) < 4.78 is 5.89. The third-order valence-electron chi connectivity index (χ3n) is 4.72. The number of hydrogen-bond acceptors (Lipinski definition) is 2. The average molecular weight is 215 g/mol. The van der Waals surface area contributed by atoms with E-state index in [4.69, 9.17) is 4.74 Å². The van der Waals surface area contributed by atoms with Crippen molar-refractivity contribution in [1.82, 2.24) is 4.90 Å². The maximum absolute atomic E-state index is 5.89. The molecule has 2 heterocycles. The van der Waals surface area contributed by atoms with Crippen LogP contribution in [0.2, 0.25) is 0 Å². The van der Waals surface area contributed by atoms with Crippen LogP contribution in [0.4, 0.5) is 0 Å². The molecule has 2 nitrogen and oxygen atoms in total. The molecule has 2 atom stereocenters. The highest BCUT2D eigenvalue weighted by molar-refractivity contribution is 5.48. The maximum atomic E-state index is 5.89. The highest BCUT2D eigenvalue weighted by Crippen LogP contribution is 2.62. The van der Waals surface area contributed by atoms with Gasteiger partial charge < -0.3 is 9.64 Å². The number of epoxide rings is 1. The summed E-state index contributed by atoms with van der Waals surface area (Å²) in [7, 11) is 2.22. The van der Waals surface area contributed by atoms with Gasteiger partial charge in [-0.3, -0.25) is 0 Å². The van der Waals surface area contributed by atoms with Crippen LogP contribution in [0.3, 0.4) is 0 Å². The summed E-state index contributed by atoms with van der Waals surface area (Å²) in [6, 6.07) is 8.92. The van der Waals surface area contributed by atoms with Crippen LogP contribution in [-0.4, -0.2) is 31.1 Å². The fraction of sp³-hybridized carbons (Fsp3) is 0.571. The van der Waals surface area contributed by atoms with E-state index in [2.05, 4.69) is 36.2 Å². The molecule has 4 rings (SSSR count). The van der Waals surface area contributed by atoms with Crippen molar-refractivity contribution in [2.75, 3.05) is 20.1 Å². The topological polar surface area (TPSA) is 15.8 Å². The zero-order chi connectivity index (χ0) is 10.8. The normalized spacial score (nSPS) is 34.8. The Hall–Kier alpha value is -0.860. The lowest BCUT2D eigenvalue weighted by atomic mass is 9.73. The number of piperidine rings is 1. The molecule has 84 valence electrons. The molecular weight excluding hydrogens is 198 g/mol. The second-order valence-corrected chi connectivity index (χ2v) is 5.52. The molecule has 2 saturated heterocycles. The van der Waals surface area contributed by atoms with Crippen molar-refractivity contribution < 1.29 is 4.74 Å². The summed E-state index contributed by atoms with van der Waals surface area (Å²) in [5, 5.41) is 0.